The summed E-state index contributed by atoms with van der Waals surface area (Å²) >= 11 is 5.25. The zero-order valence-electron chi connectivity index (χ0n) is 9.79. The number of aromatic nitrogens is 1. The molecule has 0 fully saturated rings. The molecule has 1 N–H and O–H groups in total. The number of rotatable bonds is 3. The van der Waals surface area contributed by atoms with Crippen molar-refractivity contribution in [3.8, 4) is 0 Å². The third-order valence-electron chi connectivity index (χ3n) is 2.34. The van der Waals surface area contributed by atoms with Crippen LogP contribution >= 0.6 is 12.2 Å². The number of hydrogen-bond acceptors (Lipinski definition) is 3. The fourth-order valence-corrected chi connectivity index (χ4v) is 2.18. The maximum absolute atomic E-state index is 11.3. The van der Waals surface area contributed by atoms with Crippen molar-refractivity contribution in [3.63, 3.8) is 0 Å². The predicted molar refractivity (Wildman–Crippen MR) is 78.3 cm³/mol. The van der Waals surface area contributed by atoms with E-state index in [1.807, 2.05) is 42.5 Å². The van der Waals surface area contributed by atoms with Crippen LogP contribution in [-0.4, -0.2) is 20.4 Å². The van der Waals surface area contributed by atoms with Gasteiger partial charge < -0.3 is 5.32 Å². The Morgan fingerprint density at radius 3 is 2.50 bits per heavy atom. The van der Waals surface area contributed by atoms with Crippen molar-refractivity contribution in [2.45, 2.75) is 4.90 Å². The van der Waals surface area contributed by atoms with Crippen molar-refractivity contribution in [1.82, 2.24) is 4.98 Å². The highest BCUT2D eigenvalue weighted by atomic mass is 32.2. The maximum atomic E-state index is 11.3. The summed E-state index contributed by atoms with van der Waals surface area (Å²) in [6, 6.07) is 12.9. The first-order valence-electron chi connectivity index (χ1n) is 5.33. The van der Waals surface area contributed by atoms with Crippen molar-refractivity contribution in [3.05, 3.63) is 54.4 Å². The number of nitrogens with one attached hydrogen (secondary N) is 1. The molecule has 2 rings (SSSR count). The van der Waals surface area contributed by atoms with Gasteiger partial charge in [0, 0.05) is 33.8 Å². The lowest BCUT2D eigenvalue weighted by Gasteiger charge is -2.07. The predicted octanol–water partition coefficient (Wildman–Crippen LogP) is 2.61. The van der Waals surface area contributed by atoms with Gasteiger partial charge in [0.1, 0.15) is 4.99 Å². The summed E-state index contributed by atoms with van der Waals surface area (Å²) in [7, 11) is -0.959. The highest BCUT2D eigenvalue weighted by Gasteiger charge is 2.03. The minimum atomic E-state index is -0.959. The lowest BCUT2D eigenvalue weighted by atomic mass is 10.3. The Balaban J connectivity index is 2.10. The van der Waals surface area contributed by atoms with Crippen LogP contribution in [0.1, 0.15) is 5.69 Å². The summed E-state index contributed by atoms with van der Waals surface area (Å²) in [6.07, 6.45) is 3.35. The van der Waals surface area contributed by atoms with Crippen molar-refractivity contribution < 1.29 is 4.21 Å². The molecule has 0 spiro atoms. The van der Waals surface area contributed by atoms with E-state index in [4.69, 9.17) is 12.2 Å². The molecule has 0 amide bonds. The molecule has 1 heterocycles. The molecular weight excluding hydrogens is 264 g/mol. The van der Waals surface area contributed by atoms with E-state index in [0.29, 0.717) is 4.99 Å². The van der Waals surface area contributed by atoms with Gasteiger partial charge in [-0.3, -0.25) is 9.19 Å². The van der Waals surface area contributed by atoms with Crippen molar-refractivity contribution in [1.29, 1.82) is 0 Å². The van der Waals surface area contributed by atoms with Crippen molar-refractivity contribution in [2.75, 3.05) is 11.6 Å². The van der Waals surface area contributed by atoms with Gasteiger partial charge in [-0.15, -0.1) is 0 Å². The number of pyridine rings is 1. The highest BCUT2D eigenvalue weighted by Crippen LogP contribution is 2.13. The van der Waals surface area contributed by atoms with Crippen LogP contribution in [-0.2, 0) is 10.8 Å². The number of thiocarbonyl (C=S) groups is 1. The second-order valence-corrected chi connectivity index (χ2v) is 5.44. The summed E-state index contributed by atoms with van der Waals surface area (Å²) in [5, 5.41) is 3.09. The normalized spacial score (nSPS) is 11.8. The molecule has 5 heteroatoms. The Kier molecular flexibility index (Phi) is 4.17. The van der Waals surface area contributed by atoms with E-state index in [-0.39, 0.29) is 0 Å². The van der Waals surface area contributed by atoms with Crippen molar-refractivity contribution in [2.24, 2.45) is 0 Å². The molecule has 18 heavy (non-hydrogen) atoms. The maximum Gasteiger partial charge on any atom is 0.129 e. The second kappa shape index (κ2) is 5.84. The lowest BCUT2D eigenvalue weighted by Crippen LogP contribution is -2.11. The second-order valence-electron chi connectivity index (χ2n) is 3.65. The van der Waals surface area contributed by atoms with Gasteiger partial charge in [-0.2, -0.15) is 0 Å². The van der Waals surface area contributed by atoms with Gasteiger partial charge >= 0.3 is 0 Å². The van der Waals surface area contributed by atoms with Gasteiger partial charge in [0.2, 0.25) is 0 Å². The highest BCUT2D eigenvalue weighted by molar-refractivity contribution is 7.84. The van der Waals surface area contributed by atoms with E-state index in [1.165, 1.54) is 0 Å². The third-order valence-corrected chi connectivity index (χ3v) is 3.59. The summed E-state index contributed by atoms with van der Waals surface area (Å²) in [5.41, 5.74) is 1.59. The van der Waals surface area contributed by atoms with Crippen LogP contribution in [0.5, 0.6) is 0 Å². The zero-order valence-corrected chi connectivity index (χ0v) is 11.4. The van der Waals surface area contributed by atoms with Gasteiger partial charge in [0.05, 0.1) is 5.69 Å². The van der Waals surface area contributed by atoms with Crippen LogP contribution in [0.3, 0.4) is 0 Å². The first-order valence-corrected chi connectivity index (χ1v) is 7.29. The molecule has 0 aliphatic heterocycles. The molecular formula is C13H12N2OS2. The number of benzene rings is 1. The van der Waals surface area contributed by atoms with Crippen LogP contribution in [0.15, 0.2) is 53.6 Å². The fourth-order valence-electron chi connectivity index (χ4n) is 1.42. The quantitative estimate of drug-likeness (QED) is 0.875. The molecule has 1 aromatic heterocycles. The molecule has 0 saturated heterocycles. The Bertz CT molecular complexity index is 567. The third kappa shape index (κ3) is 3.21. The summed E-state index contributed by atoms with van der Waals surface area (Å²) < 4.78 is 11.3. The Morgan fingerprint density at radius 2 is 1.94 bits per heavy atom. The molecule has 92 valence electrons. The topological polar surface area (TPSA) is 42.0 Å². The first-order chi connectivity index (χ1) is 8.66. The first kappa shape index (κ1) is 12.9. The monoisotopic (exact) mass is 276 g/mol. The molecule has 0 aliphatic rings. The van der Waals surface area contributed by atoms with E-state index < -0.39 is 10.8 Å². The SMILES string of the molecule is CS(=O)c1ccc(NC(=S)c2ccccn2)cc1. The van der Waals surface area contributed by atoms with E-state index in [2.05, 4.69) is 10.3 Å². The minimum Gasteiger partial charge on any atom is -0.345 e. The molecule has 3 nitrogen and oxygen atoms in total. The Labute approximate surface area is 114 Å². The molecule has 0 bridgehead atoms. The molecule has 1 atom stereocenters. The largest absolute Gasteiger partial charge is 0.345 e. The summed E-state index contributed by atoms with van der Waals surface area (Å²) in [6.45, 7) is 0. The summed E-state index contributed by atoms with van der Waals surface area (Å²) in [4.78, 5) is 5.53. The van der Waals surface area contributed by atoms with Crippen LogP contribution in [0, 0.1) is 0 Å². The molecule has 0 aliphatic carbocycles. The van der Waals surface area contributed by atoms with Crippen LogP contribution in [0.25, 0.3) is 0 Å². The molecule has 2 aromatic rings. The van der Waals surface area contributed by atoms with E-state index in [1.54, 1.807) is 12.5 Å². The molecule has 0 saturated carbocycles. The lowest BCUT2D eigenvalue weighted by molar-refractivity contribution is 0.687. The van der Waals surface area contributed by atoms with Crippen molar-refractivity contribution >= 4 is 33.7 Å². The minimum absolute atomic E-state index is 0.570. The van der Waals surface area contributed by atoms with Crippen LogP contribution in [0.2, 0.25) is 0 Å². The average molecular weight is 276 g/mol. The van der Waals surface area contributed by atoms with Crippen LogP contribution < -0.4 is 5.32 Å². The standard InChI is InChI=1S/C13H12N2OS2/c1-18(16)11-7-5-10(6-8-11)15-13(17)12-4-2-3-9-14-12/h2-9H,1H3,(H,15,17). The van der Waals surface area contributed by atoms with Gasteiger partial charge in [-0.05, 0) is 36.4 Å². The van der Waals surface area contributed by atoms with E-state index >= 15 is 0 Å². The fraction of sp³-hybridized carbons (Fsp3) is 0.0769. The van der Waals surface area contributed by atoms with E-state index in [9.17, 15) is 4.21 Å². The van der Waals surface area contributed by atoms with Crippen LogP contribution in [0.4, 0.5) is 5.69 Å². The van der Waals surface area contributed by atoms with Gasteiger partial charge in [-0.25, -0.2) is 0 Å². The number of anilines is 1. The molecule has 1 aromatic carbocycles. The number of nitrogens with zero attached hydrogens (tertiary/aromatic N) is 1. The van der Waals surface area contributed by atoms with Gasteiger partial charge in [0.15, 0.2) is 0 Å². The average Bonchev–Trinajstić information content (AvgIpc) is 2.40. The number of hydrogen-bond donors (Lipinski definition) is 1. The molecule has 1 unspecified atom stereocenters. The van der Waals surface area contributed by atoms with E-state index in [0.717, 1.165) is 16.3 Å². The Morgan fingerprint density at radius 1 is 1.22 bits per heavy atom. The zero-order chi connectivity index (χ0) is 13.0. The smallest absolute Gasteiger partial charge is 0.129 e. The summed E-state index contributed by atoms with van der Waals surface area (Å²) in [5.74, 6) is 0. The Hall–Kier alpha value is -1.59. The van der Waals surface area contributed by atoms with Gasteiger partial charge in [-0.1, -0.05) is 18.3 Å². The van der Waals surface area contributed by atoms with Gasteiger partial charge in [0.25, 0.3) is 0 Å². The molecule has 0 radical (unpaired) electrons.